The summed E-state index contributed by atoms with van der Waals surface area (Å²) in [4.78, 5) is 16.7. The van der Waals surface area contributed by atoms with Gasteiger partial charge in [0.2, 0.25) is 0 Å². The van der Waals surface area contributed by atoms with Crippen molar-refractivity contribution in [3.05, 3.63) is 53.6 Å². The van der Waals surface area contributed by atoms with Crippen LogP contribution >= 0.6 is 0 Å². The molecule has 0 radical (unpaired) electrons. The zero-order valence-electron chi connectivity index (χ0n) is 13.2. The Bertz CT molecular complexity index is 959. The molecule has 0 aliphatic heterocycles. The first-order chi connectivity index (χ1) is 11.5. The minimum Gasteiger partial charge on any atom is -0.382 e. The Kier molecular flexibility index (Phi) is 3.26. The molecule has 24 heavy (non-hydrogen) atoms. The molecule has 1 aromatic carbocycles. The van der Waals surface area contributed by atoms with Crippen molar-refractivity contribution >= 4 is 17.4 Å². The first-order valence-electron chi connectivity index (χ1n) is 7.88. The monoisotopic (exact) mass is 324 g/mol. The Labute approximate surface area is 138 Å². The van der Waals surface area contributed by atoms with E-state index in [0.717, 1.165) is 24.0 Å². The topological polar surface area (TPSA) is 72.4 Å². The molecule has 2 heterocycles. The molecule has 3 aromatic rings. The lowest BCUT2D eigenvalue weighted by atomic mass is 10.0. The minimum atomic E-state index is -0.260. The number of benzene rings is 1. The van der Waals surface area contributed by atoms with E-state index in [0.29, 0.717) is 16.9 Å². The molecule has 0 atom stereocenters. The molecule has 0 saturated heterocycles. The highest BCUT2D eigenvalue weighted by Crippen LogP contribution is 2.27. The van der Waals surface area contributed by atoms with Gasteiger partial charge in [-0.3, -0.25) is 9.20 Å². The number of fused-ring (bicyclic) bond motifs is 1. The van der Waals surface area contributed by atoms with E-state index in [2.05, 4.69) is 10.3 Å². The lowest BCUT2D eigenvalue weighted by Crippen LogP contribution is -2.27. The van der Waals surface area contributed by atoms with Gasteiger partial charge in [-0.05, 0) is 54.7 Å². The van der Waals surface area contributed by atoms with Gasteiger partial charge in [-0.1, -0.05) is 12.1 Å². The maximum Gasteiger partial charge on any atom is 0.272 e. The second-order valence-corrected chi connectivity index (χ2v) is 6.15. The average Bonchev–Trinajstić information content (AvgIpc) is 3.29. The van der Waals surface area contributed by atoms with Crippen molar-refractivity contribution in [2.24, 2.45) is 0 Å². The Hall–Kier alpha value is -2.89. The molecule has 1 saturated carbocycles. The summed E-state index contributed by atoms with van der Waals surface area (Å²) in [6.45, 7) is 1.73. The SMILES string of the molecule is Cc1c(F)cccc1-c1ccc2nc(N)c(C(=O)NC3CC3)n2c1. The van der Waals surface area contributed by atoms with Gasteiger partial charge in [0, 0.05) is 12.2 Å². The highest BCUT2D eigenvalue weighted by molar-refractivity contribution is 5.98. The highest BCUT2D eigenvalue weighted by atomic mass is 19.1. The smallest absolute Gasteiger partial charge is 0.272 e. The molecule has 0 unspecified atom stereocenters. The van der Waals surface area contributed by atoms with Gasteiger partial charge in [-0.25, -0.2) is 9.37 Å². The number of nitrogen functional groups attached to an aromatic ring is 1. The number of nitrogens with one attached hydrogen (secondary N) is 1. The van der Waals surface area contributed by atoms with Crippen LogP contribution in [0.25, 0.3) is 16.8 Å². The van der Waals surface area contributed by atoms with E-state index in [1.807, 2.05) is 12.1 Å². The Morgan fingerprint density at radius 1 is 1.33 bits per heavy atom. The predicted molar refractivity (Wildman–Crippen MR) is 90.2 cm³/mol. The van der Waals surface area contributed by atoms with Crippen molar-refractivity contribution in [2.75, 3.05) is 5.73 Å². The number of rotatable bonds is 3. The van der Waals surface area contributed by atoms with Gasteiger partial charge in [-0.2, -0.15) is 0 Å². The van der Waals surface area contributed by atoms with Gasteiger partial charge in [0.1, 0.15) is 11.5 Å². The van der Waals surface area contributed by atoms with Crippen LogP contribution in [0.5, 0.6) is 0 Å². The number of anilines is 1. The molecular formula is C18H17FN4O. The lowest BCUT2D eigenvalue weighted by Gasteiger charge is -2.09. The number of imidazole rings is 1. The number of amides is 1. The quantitative estimate of drug-likeness (QED) is 0.778. The zero-order chi connectivity index (χ0) is 16.8. The number of hydrogen-bond acceptors (Lipinski definition) is 3. The molecule has 0 spiro atoms. The molecule has 1 aliphatic carbocycles. The Morgan fingerprint density at radius 3 is 2.88 bits per heavy atom. The van der Waals surface area contributed by atoms with Crippen LogP contribution in [0, 0.1) is 12.7 Å². The summed E-state index contributed by atoms with van der Waals surface area (Å²) in [5.74, 6) is -0.290. The van der Waals surface area contributed by atoms with Crippen LogP contribution in [-0.4, -0.2) is 21.3 Å². The summed E-state index contributed by atoms with van der Waals surface area (Å²) in [6, 6.07) is 8.82. The van der Waals surface area contributed by atoms with Crippen molar-refractivity contribution in [1.82, 2.24) is 14.7 Å². The van der Waals surface area contributed by atoms with Crippen LogP contribution in [-0.2, 0) is 0 Å². The van der Waals surface area contributed by atoms with Crippen LogP contribution in [0.15, 0.2) is 36.5 Å². The zero-order valence-corrected chi connectivity index (χ0v) is 13.2. The number of nitrogens with two attached hydrogens (primary N) is 1. The second-order valence-electron chi connectivity index (χ2n) is 6.15. The maximum absolute atomic E-state index is 13.8. The number of aromatic nitrogens is 2. The standard InChI is InChI=1S/C18H17FN4O/c1-10-13(3-2-4-14(10)19)11-5-8-15-22-17(20)16(23(15)9-11)18(24)21-12-6-7-12/h2-5,8-9,12H,6-7,20H2,1H3,(H,21,24). The molecule has 1 fully saturated rings. The van der Waals surface area contributed by atoms with E-state index in [-0.39, 0.29) is 23.6 Å². The number of pyridine rings is 1. The molecule has 122 valence electrons. The van der Waals surface area contributed by atoms with Gasteiger partial charge < -0.3 is 11.1 Å². The van der Waals surface area contributed by atoms with Crippen molar-refractivity contribution < 1.29 is 9.18 Å². The molecule has 6 heteroatoms. The molecule has 2 aromatic heterocycles. The van der Waals surface area contributed by atoms with Crippen LogP contribution < -0.4 is 11.1 Å². The van der Waals surface area contributed by atoms with Crippen molar-refractivity contribution in [1.29, 1.82) is 0 Å². The van der Waals surface area contributed by atoms with Crippen molar-refractivity contribution in [2.45, 2.75) is 25.8 Å². The number of carbonyl (C=O) groups is 1. The van der Waals surface area contributed by atoms with Crippen molar-refractivity contribution in [3.63, 3.8) is 0 Å². The van der Waals surface area contributed by atoms with Gasteiger partial charge in [0.05, 0.1) is 0 Å². The minimum absolute atomic E-state index is 0.196. The van der Waals surface area contributed by atoms with E-state index in [9.17, 15) is 9.18 Å². The van der Waals surface area contributed by atoms with Gasteiger partial charge >= 0.3 is 0 Å². The van der Waals surface area contributed by atoms with E-state index < -0.39 is 0 Å². The normalized spacial score (nSPS) is 14.1. The fraction of sp³-hybridized carbons (Fsp3) is 0.222. The summed E-state index contributed by atoms with van der Waals surface area (Å²) in [5.41, 5.74) is 9.00. The molecule has 1 aliphatic rings. The Morgan fingerprint density at radius 2 is 2.12 bits per heavy atom. The lowest BCUT2D eigenvalue weighted by molar-refractivity contribution is 0.0946. The highest BCUT2D eigenvalue weighted by Gasteiger charge is 2.27. The van der Waals surface area contributed by atoms with Crippen LogP contribution in [0.1, 0.15) is 28.9 Å². The maximum atomic E-state index is 13.8. The van der Waals surface area contributed by atoms with Crippen LogP contribution in [0.2, 0.25) is 0 Å². The number of nitrogens with zero attached hydrogens (tertiary/aromatic N) is 2. The number of halogens is 1. The molecule has 4 rings (SSSR count). The fourth-order valence-electron chi connectivity index (χ4n) is 2.85. The average molecular weight is 324 g/mol. The fourth-order valence-corrected chi connectivity index (χ4v) is 2.85. The van der Waals surface area contributed by atoms with E-state index in [1.165, 1.54) is 6.07 Å². The predicted octanol–water partition coefficient (Wildman–Crippen LogP) is 2.92. The summed E-state index contributed by atoms with van der Waals surface area (Å²) in [7, 11) is 0. The number of carbonyl (C=O) groups excluding carboxylic acids is 1. The first kappa shape index (κ1) is 14.7. The second kappa shape index (κ2) is 5.33. The molecule has 0 bridgehead atoms. The molecule has 5 nitrogen and oxygen atoms in total. The largest absolute Gasteiger partial charge is 0.382 e. The van der Waals surface area contributed by atoms with E-state index >= 15 is 0 Å². The van der Waals surface area contributed by atoms with E-state index in [1.54, 1.807) is 29.7 Å². The summed E-state index contributed by atoms with van der Waals surface area (Å²) < 4.78 is 15.5. The van der Waals surface area contributed by atoms with Crippen LogP contribution in [0.4, 0.5) is 10.2 Å². The van der Waals surface area contributed by atoms with Crippen LogP contribution in [0.3, 0.4) is 0 Å². The Balaban J connectivity index is 1.84. The summed E-state index contributed by atoms with van der Waals surface area (Å²) in [6.07, 6.45) is 3.77. The summed E-state index contributed by atoms with van der Waals surface area (Å²) >= 11 is 0. The van der Waals surface area contributed by atoms with Gasteiger partial charge in [0.15, 0.2) is 11.5 Å². The molecular weight excluding hydrogens is 307 g/mol. The summed E-state index contributed by atoms with van der Waals surface area (Å²) in [5, 5.41) is 2.93. The van der Waals surface area contributed by atoms with Gasteiger partial charge in [-0.15, -0.1) is 0 Å². The third-order valence-electron chi connectivity index (χ3n) is 4.35. The first-order valence-corrected chi connectivity index (χ1v) is 7.88. The third-order valence-corrected chi connectivity index (χ3v) is 4.35. The van der Waals surface area contributed by atoms with Gasteiger partial charge in [0.25, 0.3) is 5.91 Å². The molecule has 1 amide bonds. The van der Waals surface area contributed by atoms with Crippen molar-refractivity contribution in [3.8, 4) is 11.1 Å². The number of hydrogen-bond donors (Lipinski definition) is 2. The molecule has 3 N–H and O–H groups in total. The van der Waals surface area contributed by atoms with E-state index in [4.69, 9.17) is 5.73 Å². The third kappa shape index (κ3) is 2.40.